The minimum atomic E-state index is 0.581. The zero-order valence-electron chi connectivity index (χ0n) is 6.59. The molecule has 0 aliphatic rings. The lowest BCUT2D eigenvalue weighted by atomic mass is 10.3. The van der Waals surface area contributed by atoms with Crippen LogP contribution in [0, 0.1) is 0 Å². The molecule has 1 aromatic rings. The highest BCUT2D eigenvalue weighted by molar-refractivity contribution is 9.10. The van der Waals surface area contributed by atoms with E-state index >= 15 is 0 Å². The molecular formula is C8H11BrN2O. The summed E-state index contributed by atoms with van der Waals surface area (Å²) in [5, 5.41) is 0. The number of rotatable bonds is 4. The lowest BCUT2D eigenvalue weighted by Gasteiger charge is -2.04. The van der Waals surface area contributed by atoms with E-state index in [2.05, 4.69) is 21.4 Å². The molecule has 12 heavy (non-hydrogen) atoms. The lowest BCUT2D eigenvalue weighted by molar-refractivity contribution is 0.315. The van der Waals surface area contributed by atoms with Crippen LogP contribution in [-0.4, -0.2) is 13.2 Å². The maximum absolute atomic E-state index is 5.34. The first-order valence-corrected chi connectivity index (χ1v) is 4.44. The molecule has 0 radical (unpaired) electrons. The minimum Gasteiger partial charge on any atom is -0.492 e. The molecule has 66 valence electrons. The highest BCUT2D eigenvalue weighted by Gasteiger charge is 1.91. The number of nitrogens with two attached hydrogens (primary N) is 1. The Morgan fingerprint density at radius 3 is 2.58 bits per heavy atom. The Morgan fingerprint density at radius 2 is 2.00 bits per heavy atom. The highest BCUT2D eigenvalue weighted by Crippen LogP contribution is 2.15. The first-order chi connectivity index (χ1) is 5.83. The van der Waals surface area contributed by atoms with E-state index in [1.165, 1.54) is 0 Å². The number of nitrogens with one attached hydrogen (secondary N) is 1. The maximum atomic E-state index is 5.34. The van der Waals surface area contributed by atoms with Gasteiger partial charge < -0.3 is 4.74 Å². The van der Waals surface area contributed by atoms with Crippen molar-refractivity contribution in [3.8, 4) is 5.75 Å². The topological polar surface area (TPSA) is 47.3 Å². The van der Waals surface area contributed by atoms with Gasteiger partial charge in [0.15, 0.2) is 0 Å². The van der Waals surface area contributed by atoms with Crippen LogP contribution < -0.4 is 16.0 Å². The fourth-order valence-corrected chi connectivity index (χ4v) is 1.02. The van der Waals surface area contributed by atoms with Gasteiger partial charge in [-0.1, -0.05) is 15.9 Å². The molecule has 0 fully saturated rings. The van der Waals surface area contributed by atoms with Crippen LogP contribution in [0.2, 0.25) is 0 Å². The summed E-state index contributed by atoms with van der Waals surface area (Å²) in [6, 6.07) is 7.68. The standard InChI is InChI=1S/C8H11BrN2O/c9-7-1-3-8(4-2-7)12-6-5-11-10/h1-4,11H,5-6,10H2. The van der Waals surface area contributed by atoms with E-state index in [4.69, 9.17) is 10.6 Å². The van der Waals surface area contributed by atoms with Crippen molar-refractivity contribution >= 4 is 15.9 Å². The largest absolute Gasteiger partial charge is 0.492 e. The van der Waals surface area contributed by atoms with Gasteiger partial charge in [0.05, 0.1) is 0 Å². The van der Waals surface area contributed by atoms with Crippen molar-refractivity contribution in [1.82, 2.24) is 5.43 Å². The Bertz CT molecular complexity index is 225. The first kappa shape index (κ1) is 9.51. The Kier molecular flexibility index (Phi) is 4.07. The van der Waals surface area contributed by atoms with Crippen molar-refractivity contribution in [3.63, 3.8) is 0 Å². The van der Waals surface area contributed by atoms with Crippen LogP contribution in [0.3, 0.4) is 0 Å². The van der Waals surface area contributed by atoms with Crippen molar-refractivity contribution in [3.05, 3.63) is 28.7 Å². The molecule has 0 aliphatic heterocycles. The summed E-state index contributed by atoms with van der Waals surface area (Å²) < 4.78 is 6.39. The van der Waals surface area contributed by atoms with Crippen LogP contribution >= 0.6 is 15.9 Å². The average molecular weight is 231 g/mol. The maximum Gasteiger partial charge on any atom is 0.119 e. The van der Waals surface area contributed by atoms with Crippen LogP contribution in [0.5, 0.6) is 5.75 Å². The summed E-state index contributed by atoms with van der Waals surface area (Å²) in [5.41, 5.74) is 2.52. The molecule has 1 aromatic carbocycles. The summed E-state index contributed by atoms with van der Waals surface area (Å²) in [6.07, 6.45) is 0. The van der Waals surface area contributed by atoms with Crippen LogP contribution in [0.1, 0.15) is 0 Å². The third kappa shape index (κ3) is 3.21. The second-order valence-corrected chi connectivity index (χ2v) is 3.17. The van der Waals surface area contributed by atoms with Crippen LogP contribution in [-0.2, 0) is 0 Å². The van der Waals surface area contributed by atoms with Gasteiger partial charge in [0.2, 0.25) is 0 Å². The van der Waals surface area contributed by atoms with Crippen molar-refractivity contribution < 1.29 is 4.74 Å². The summed E-state index contributed by atoms with van der Waals surface area (Å²) in [6.45, 7) is 1.23. The van der Waals surface area contributed by atoms with Gasteiger partial charge in [0, 0.05) is 11.0 Å². The predicted octanol–water partition coefficient (Wildman–Crippen LogP) is 1.29. The average Bonchev–Trinajstić information content (AvgIpc) is 2.09. The molecule has 4 heteroatoms. The number of halogens is 1. The van der Waals surface area contributed by atoms with Gasteiger partial charge in [0.1, 0.15) is 12.4 Å². The zero-order chi connectivity index (χ0) is 8.81. The van der Waals surface area contributed by atoms with Gasteiger partial charge in [0.25, 0.3) is 0 Å². The molecular weight excluding hydrogens is 220 g/mol. The van der Waals surface area contributed by atoms with Gasteiger partial charge in [-0.2, -0.15) is 0 Å². The van der Waals surface area contributed by atoms with Crippen molar-refractivity contribution in [2.24, 2.45) is 5.84 Å². The number of hydrogen-bond donors (Lipinski definition) is 2. The van der Waals surface area contributed by atoms with E-state index in [1.54, 1.807) is 0 Å². The summed E-state index contributed by atoms with van der Waals surface area (Å²) >= 11 is 3.34. The van der Waals surface area contributed by atoms with Crippen molar-refractivity contribution in [2.75, 3.05) is 13.2 Å². The number of hydrazine groups is 1. The highest BCUT2D eigenvalue weighted by atomic mass is 79.9. The predicted molar refractivity (Wildman–Crippen MR) is 51.8 cm³/mol. The second-order valence-electron chi connectivity index (χ2n) is 2.26. The molecule has 0 amide bonds. The quantitative estimate of drug-likeness (QED) is 0.466. The molecule has 1 rings (SSSR count). The van der Waals surface area contributed by atoms with Crippen molar-refractivity contribution in [2.45, 2.75) is 0 Å². The lowest BCUT2D eigenvalue weighted by Crippen LogP contribution is -2.27. The van der Waals surface area contributed by atoms with Gasteiger partial charge in [-0.3, -0.25) is 11.3 Å². The molecule has 0 atom stereocenters. The van der Waals surface area contributed by atoms with Crippen LogP contribution in [0.4, 0.5) is 0 Å². The van der Waals surface area contributed by atoms with E-state index < -0.39 is 0 Å². The molecule has 0 heterocycles. The molecule has 0 spiro atoms. The molecule has 3 nitrogen and oxygen atoms in total. The third-order valence-corrected chi connectivity index (χ3v) is 1.86. The number of benzene rings is 1. The molecule has 0 saturated carbocycles. The van der Waals surface area contributed by atoms with Crippen LogP contribution in [0.15, 0.2) is 28.7 Å². The van der Waals surface area contributed by atoms with E-state index in [1.807, 2.05) is 24.3 Å². The fraction of sp³-hybridized carbons (Fsp3) is 0.250. The van der Waals surface area contributed by atoms with Gasteiger partial charge in [-0.05, 0) is 24.3 Å². The SMILES string of the molecule is NNCCOc1ccc(Br)cc1. The van der Waals surface area contributed by atoms with Crippen LogP contribution in [0.25, 0.3) is 0 Å². The molecule has 0 bridgehead atoms. The normalized spacial score (nSPS) is 9.83. The molecule has 0 aromatic heterocycles. The third-order valence-electron chi connectivity index (χ3n) is 1.33. The van der Waals surface area contributed by atoms with E-state index in [0.717, 1.165) is 10.2 Å². The number of ether oxygens (including phenoxy) is 1. The Labute approximate surface area is 80.0 Å². The van der Waals surface area contributed by atoms with Gasteiger partial charge in [-0.25, -0.2) is 0 Å². The molecule has 0 saturated heterocycles. The Morgan fingerprint density at radius 1 is 1.33 bits per heavy atom. The van der Waals surface area contributed by atoms with Gasteiger partial charge in [-0.15, -0.1) is 0 Å². The summed E-state index contributed by atoms with van der Waals surface area (Å²) in [5.74, 6) is 5.93. The second kappa shape index (κ2) is 5.13. The summed E-state index contributed by atoms with van der Waals surface area (Å²) in [7, 11) is 0. The molecule has 0 unspecified atom stereocenters. The smallest absolute Gasteiger partial charge is 0.119 e. The van der Waals surface area contributed by atoms with Gasteiger partial charge >= 0.3 is 0 Å². The monoisotopic (exact) mass is 230 g/mol. The number of hydrogen-bond acceptors (Lipinski definition) is 3. The Balaban J connectivity index is 2.37. The minimum absolute atomic E-state index is 0.581. The van der Waals surface area contributed by atoms with E-state index in [0.29, 0.717) is 13.2 Å². The Hall–Kier alpha value is -0.580. The van der Waals surface area contributed by atoms with E-state index in [-0.39, 0.29) is 0 Å². The van der Waals surface area contributed by atoms with Crippen molar-refractivity contribution in [1.29, 1.82) is 0 Å². The summed E-state index contributed by atoms with van der Waals surface area (Å²) in [4.78, 5) is 0. The zero-order valence-corrected chi connectivity index (χ0v) is 8.17. The van der Waals surface area contributed by atoms with E-state index in [9.17, 15) is 0 Å². The molecule has 0 aliphatic carbocycles. The molecule has 3 N–H and O–H groups in total. The first-order valence-electron chi connectivity index (χ1n) is 3.65. The fourth-order valence-electron chi connectivity index (χ4n) is 0.759.